The molecule has 0 aliphatic heterocycles. The van der Waals surface area contributed by atoms with Crippen LogP contribution in [0.4, 0.5) is 4.79 Å². The fourth-order valence-corrected chi connectivity index (χ4v) is 2.49. The second kappa shape index (κ2) is 8.07. The highest BCUT2D eigenvalue weighted by Crippen LogP contribution is 2.26. The second-order valence-electron chi connectivity index (χ2n) is 7.32. The normalized spacial score (nSPS) is 12.1. The number of ether oxygens (including phenoxy) is 1. The molecule has 2 rings (SSSR count). The van der Waals surface area contributed by atoms with Crippen molar-refractivity contribution in [3.63, 3.8) is 0 Å². The van der Waals surface area contributed by atoms with Gasteiger partial charge >= 0.3 is 6.09 Å². The molecule has 0 unspecified atom stereocenters. The van der Waals surface area contributed by atoms with E-state index in [0.29, 0.717) is 5.88 Å². The topological polar surface area (TPSA) is 56.2 Å². The lowest BCUT2D eigenvalue weighted by molar-refractivity contribution is 0.197. The molecule has 1 heterocycles. The fraction of sp³-hybridized carbons (Fsp3) is 0.444. The third-order valence-corrected chi connectivity index (χ3v) is 3.75. The molecule has 0 radical (unpaired) electrons. The Morgan fingerprint density at radius 1 is 1.19 bits per heavy atom. The van der Waals surface area contributed by atoms with Crippen LogP contribution in [-0.4, -0.2) is 26.2 Å². The van der Waals surface area contributed by atoms with Gasteiger partial charge in [0.1, 0.15) is 0 Å². The van der Waals surface area contributed by atoms with Crippen LogP contribution in [0.5, 0.6) is 5.88 Å². The number of nitrogens with one attached hydrogen (secondary N) is 1. The highest BCUT2D eigenvalue weighted by Gasteiger charge is 2.23. The van der Waals surface area contributed by atoms with Crippen molar-refractivity contribution >= 4 is 40.9 Å². The van der Waals surface area contributed by atoms with Crippen molar-refractivity contribution < 1.29 is 9.53 Å². The Hall–Kier alpha value is -1.43. The summed E-state index contributed by atoms with van der Waals surface area (Å²) < 4.78 is 5.40. The number of halogens is 3. The van der Waals surface area contributed by atoms with Crippen LogP contribution in [0, 0.1) is 12.3 Å². The Morgan fingerprint density at radius 3 is 2.35 bits per heavy atom. The number of aryl methyl sites for hydroxylation is 1. The molecule has 142 valence electrons. The summed E-state index contributed by atoms with van der Waals surface area (Å²) in [5.74, 6) is 0.301. The van der Waals surface area contributed by atoms with Crippen LogP contribution in [0.1, 0.15) is 32.0 Å². The van der Waals surface area contributed by atoms with Crippen LogP contribution in [-0.2, 0) is 6.42 Å². The van der Waals surface area contributed by atoms with Crippen molar-refractivity contribution in [3.05, 3.63) is 41.6 Å². The lowest BCUT2D eigenvalue weighted by atomic mass is 9.91. The van der Waals surface area contributed by atoms with E-state index in [1.165, 1.54) is 0 Å². The van der Waals surface area contributed by atoms with Crippen LogP contribution in [0.25, 0.3) is 5.69 Å². The van der Waals surface area contributed by atoms with Crippen LogP contribution < -0.4 is 10.1 Å². The number of nitrogens with zero attached hydrogens (tertiary/aromatic N) is 2. The van der Waals surface area contributed by atoms with Gasteiger partial charge < -0.3 is 10.1 Å². The van der Waals surface area contributed by atoms with E-state index in [1.54, 1.807) is 10.7 Å². The molecule has 0 fully saturated rings. The maximum absolute atomic E-state index is 12.0. The molecule has 0 aliphatic carbocycles. The van der Waals surface area contributed by atoms with E-state index in [4.69, 9.17) is 39.5 Å². The fourth-order valence-electron chi connectivity index (χ4n) is 2.29. The quantitative estimate of drug-likeness (QED) is 0.692. The largest absolute Gasteiger partial charge is 0.414 e. The number of carbonyl (C=O) groups is 1. The Morgan fingerprint density at radius 2 is 1.81 bits per heavy atom. The predicted molar refractivity (Wildman–Crippen MR) is 106 cm³/mol. The summed E-state index contributed by atoms with van der Waals surface area (Å²) in [5.41, 5.74) is 2.78. The van der Waals surface area contributed by atoms with Gasteiger partial charge in [-0.1, -0.05) is 73.3 Å². The van der Waals surface area contributed by atoms with Crippen molar-refractivity contribution in [2.24, 2.45) is 5.41 Å². The number of rotatable bonds is 4. The van der Waals surface area contributed by atoms with Crippen molar-refractivity contribution in [1.29, 1.82) is 0 Å². The van der Waals surface area contributed by atoms with Crippen LogP contribution in [0.3, 0.4) is 0 Å². The molecule has 1 aromatic carbocycles. The van der Waals surface area contributed by atoms with Gasteiger partial charge in [0.15, 0.2) is 0 Å². The second-order valence-corrected chi connectivity index (χ2v) is 9.83. The summed E-state index contributed by atoms with van der Waals surface area (Å²) in [6.07, 6.45) is 0.0183. The first-order chi connectivity index (χ1) is 11.9. The monoisotopic (exact) mass is 417 g/mol. The van der Waals surface area contributed by atoms with Crippen LogP contribution in [0.2, 0.25) is 0 Å². The van der Waals surface area contributed by atoms with Gasteiger partial charge in [-0.05, 0) is 30.9 Å². The van der Waals surface area contributed by atoms with Gasteiger partial charge in [-0.3, -0.25) is 0 Å². The summed E-state index contributed by atoms with van der Waals surface area (Å²) in [4.78, 5) is 12.0. The maximum atomic E-state index is 12.0. The molecule has 8 heteroatoms. The van der Waals surface area contributed by atoms with Gasteiger partial charge in [-0.25, -0.2) is 9.48 Å². The van der Waals surface area contributed by atoms with E-state index in [-0.39, 0.29) is 12.0 Å². The van der Waals surface area contributed by atoms with E-state index >= 15 is 0 Å². The first-order valence-corrected chi connectivity index (χ1v) is 9.25. The van der Waals surface area contributed by atoms with Gasteiger partial charge in [0, 0.05) is 6.07 Å². The molecular formula is C18H22Cl3N3O2. The predicted octanol–water partition coefficient (Wildman–Crippen LogP) is 5.23. The smallest absolute Gasteiger partial charge is 0.391 e. The van der Waals surface area contributed by atoms with E-state index < -0.39 is 9.89 Å². The minimum atomic E-state index is -1.59. The zero-order chi connectivity index (χ0) is 19.5. The molecule has 1 aromatic heterocycles. The van der Waals surface area contributed by atoms with Gasteiger partial charge in [0.25, 0.3) is 0 Å². The molecule has 5 nitrogen and oxygen atoms in total. The lowest BCUT2D eigenvalue weighted by Crippen LogP contribution is -2.34. The standard InChI is InChI=1S/C18H22Cl3N3O2/c1-12-5-7-14(8-6-12)24-15(9-13(23-24)10-17(2,3)4)26-16(25)22-11-18(19,20)21/h5-9H,10-11H2,1-4H3,(H,22,25). The Kier molecular flexibility index (Phi) is 6.48. The molecule has 0 atom stereocenters. The summed E-state index contributed by atoms with van der Waals surface area (Å²) in [6.45, 7) is 8.19. The summed E-state index contributed by atoms with van der Waals surface area (Å²) >= 11 is 16.9. The summed E-state index contributed by atoms with van der Waals surface area (Å²) in [7, 11) is 0. The SMILES string of the molecule is Cc1ccc(-n2nc(CC(C)(C)C)cc2OC(=O)NCC(Cl)(Cl)Cl)cc1. The first-order valence-electron chi connectivity index (χ1n) is 8.11. The third kappa shape index (κ3) is 6.71. The zero-order valence-electron chi connectivity index (χ0n) is 15.1. The molecule has 0 saturated heterocycles. The average Bonchev–Trinajstić information content (AvgIpc) is 2.85. The number of aromatic nitrogens is 2. The maximum Gasteiger partial charge on any atom is 0.414 e. The van der Waals surface area contributed by atoms with Crippen LogP contribution in [0.15, 0.2) is 30.3 Å². The Labute approximate surface area is 168 Å². The molecular weight excluding hydrogens is 397 g/mol. The van der Waals surface area contributed by atoms with Crippen molar-refractivity contribution in [2.75, 3.05) is 6.54 Å². The number of hydrogen-bond acceptors (Lipinski definition) is 3. The van der Waals surface area contributed by atoms with Gasteiger partial charge in [-0.2, -0.15) is 5.10 Å². The van der Waals surface area contributed by atoms with E-state index in [9.17, 15) is 4.79 Å². The summed E-state index contributed by atoms with van der Waals surface area (Å²) in [5, 5.41) is 7.01. The number of carbonyl (C=O) groups excluding carboxylic acids is 1. The molecule has 2 aromatic rings. The minimum absolute atomic E-state index is 0.0431. The van der Waals surface area contributed by atoms with Crippen molar-refractivity contribution in [2.45, 2.75) is 37.9 Å². The number of benzene rings is 1. The molecule has 0 spiro atoms. The average molecular weight is 419 g/mol. The molecule has 26 heavy (non-hydrogen) atoms. The molecule has 0 saturated carbocycles. The lowest BCUT2D eigenvalue weighted by Gasteiger charge is -2.15. The Balaban J connectivity index is 2.27. The van der Waals surface area contributed by atoms with Gasteiger partial charge in [-0.15, -0.1) is 0 Å². The molecule has 0 bridgehead atoms. The third-order valence-electron chi connectivity index (χ3n) is 3.35. The highest BCUT2D eigenvalue weighted by atomic mass is 35.6. The van der Waals surface area contributed by atoms with E-state index in [1.807, 2.05) is 31.2 Å². The first kappa shape index (κ1) is 20.9. The number of alkyl halides is 3. The number of amides is 1. The molecule has 1 N–H and O–H groups in total. The zero-order valence-corrected chi connectivity index (χ0v) is 17.4. The molecule has 0 aliphatic rings. The van der Waals surface area contributed by atoms with Crippen LogP contribution >= 0.6 is 34.8 Å². The highest BCUT2D eigenvalue weighted by molar-refractivity contribution is 6.67. The minimum Gasteiger partial charge on any atom is -0.391 e. The van der Waals surface area contributed by atoms with E-state index in [2.05, 4.69) is 31.2 Å². The van der Waals surface area contributed by atoms with Gasteiger partial charge in [0.2, 0.25) is 9.67 Å². The Bertz CT molecular complexity index is 759. The van der Waals surface area contributed by atoms with Crippen molar-refractivity contribution in [1.82, 2.24) is 15.1 Å². The molecule has 1 amide bonds. The number of hydrogen-bond donors (Lipinski definition) is 1. The van der Waals surface area contributed by atoms with Crippen molar-refractivity contribution in [3.8, 4) is 11.6 Å². The van der Waals surface area contributed by atoms with E-state index in [0.717, 1.165) is 23.4 Å². The summed E-state index contributed by atoms with van der Waals surface area (Å²) in [6, 6.07) is 9.50. The van der Waals surface area contributed by atoms with Gasteiger partial charge in [0.05, 0.1) is 17.9 Å².